The van der Waals surface area contributed by atoms with Crippen LogP contribution in [0.25, 0.3) is 5.65 Å². The second-order valence-corrected chi connectivity index (χ2v) is 6.51. The van der Waals surface area contributed by atoms with Crippen LogP contribution >= 0.6 is 15.9 Å². The Morgan fingerprint density at radius 1 is 1.25 bits per heavy atom. The van der Waals surface area contributed by atoms with Crippen LogP contribution in [0.15, 0.2) is 35.3 Å². The monoisotopic (exact) mass is 388 g/mol. The van der Waals surface area contributed by atoms with E-state index in [1.165, 1.54) is 11.3 Å². The maximum Gasteiger partial charge on any atom is 0.203 e. The fourth-order valence-corrected chi connectivity index (χ4v) is 3.32. The molecule has 1 fully saturated rings. The van der Waals surface area contributed by atoms with Gasteiger partial charge in [-0.1, -0.05) is 0 Å². The molecule has 4 rings (SSSR count). The molecule has 0 saturated carbocycles. The summed E-state index contributed by atoms with van der Waals surface area (Å²) in [6.07, 6.45) is 3.48. The standard InChI is InChI=1S/C16H17BrN6O/c1-11-8-12(2-3-13(11)22-4-6-24-7-5-22)19-15-16-21-18-10-23(16)9-14(17)20-15/h2-3,8-10H,4-7H2,1H3,(H,19,20). The van der Waals surface area contributed by atoms with Crippen molar-refractivity contribution in [3.05, 3.63) is 40.9 Å². The molecule has 0 radical (unpaired) electrons. The van der Waals surface area contributed by atoms with Crippen molar-refractivity contribution >= 4 is 38.8 Å². The van der Waals surface area contributed by atoms with E-state index < -0.39 is 0 Å². The van der Waals surface area contributed by atoms with E-state index in [4.69, 9.17) is 4.74 Å². The van der Waals surface area contributed by atoms with Gasteiger partial charge in [0.25, 0.3) is 0 Å². The van der Waals surface area contributed by atoms with Crippen molar-refractivity contribution in [2.24, 2.45) is 0 Å². The highest BCUT2D eigenvalue weighted by Crippen LogP contribution is 2.27. The quantitative estimate of drug-likeness (QED) is 0.743. The van der Waals surface area contributed by atoms with Crippen LogP contribution in [0.3, 0.4) is 0 Å². The van der Waals surface area contributed by atoms with Crippen LogP contribution in [0.1, 0.15) is 5.56 Å². The molecule has 3 heterocycles. The zero-order valence-corrected chi connectivity index (χ0v) is 14.8. The number of hydrogen-bond donors (Lipinski definition) is 1. The number of nitrogens with zero attached hydrogens (tertiary/aromatic N) is 5. The molecule has 2 aromatic heterocycles. The lowest BCUT2D eigenvalue weighted by Crippen LogP contribution is -2.36. The van der Waals surface area contributed by atoms with E-state index in [2.05, 4.69) is 66.5 Å². The molecule has 1 N–H and O–H groups in total. The summed E-state index contributed by atoms with van der Waals surface area (Å²) in [7, 11) is 0. The number of anilines is 3. The third kappa shape index (κ3) is 2.94. The molecule has 1 aromatic carbocycles. The molecule has 0 atom stereocenters. The van der Waals surface area contributed by atoms with Crippen LogP contribution < -0.4 is 10.2 Å². The second kappa shape index (κ2) is 6.37. The molecule has 1 saturated heterocycles. The van der Waals surface area contributed by atoms with Crippen LogP contribution in [-0.4, -0.2) is 45.9 Å². The zero-order chi connectivity index (χ0) is 16.5. The van der Waals surface area contributed by atoms with Gasteiger partial charge in [-0.3, -0.25) is 4.40 Å². The second-order valence-electron chi connectivity index (χ2n) is 5.70. The van der Waals surface area contributed by atoms with Crippen LogP contribution in [0, 0.1) is 6.92 Å². The Kier molecular flexibility index (Phi) is 4.07. The van der Waals surface area contributed by atoms with Crippen LogP contribution in [0.4, 0.5) is 17.2 Å². The predicted molar refractivity (Wildman–Crippen MR) is 96.0 cm³/mol. The van der Waals surface area contributed by atoms with Crippen LogP contribution in [0.2, 0.25) is 0 Å². The summed E-state index contributed by atoms with van der Waals surface area (Å²) in [5, 5.41) is 11.4. The number of aryl methyl sites for hydroxylation is 1. The average Bonchev–Trinajstić information content (AvgIpc) is 3.04. The summed E-state index contributed by atoms with van der Waals surface area (Å²) in [5.41, 5.74) is 4.13. The lowest BCUT2D eigenvalue weighted by atomic mass is 10.1. The van der Waals surface area contributed by atoms with Crippen molar-refractivity contribution < 1.29 is 4.74 Å². The minimum atomic E-state index is 0.667. The number of benzene rings is 1. The van der Waals surface area contributed by atoms with Gasteiger partial charge in [-0.15, -0.1) is 10.2 Å². The highest BCUT2D eigenvalue weighted by atomic mass is 79.9. The third-order valence-corrected chi connectivity index (χ3v) is 4.44. The smallest absolute Gasteiger partial charge is 0.203 e. The Morgan fingerprint density at radius 2 is 2.08 bits per heavy atom. The molecule has 0 amide bonds. The van der Waals surface area contributed by atoms with E-state index in [-0.39, 0.29) is 0 Å². The van der Waals surface area contributed by atoms with Gasteiger partial charge in [-0.05, 0) is 46.6 Å². The van der Waals surface area contributed by atoms with E-state index in [1.807, 2.05) is 10.6 Å². The van der Waals surface area contributed by atoms with Crippen LogP contribution in [0.5, 0.6) is 0 Å². The molecule has 24 heavy (non-hydrogen) atoms. The summed E-state index contributed by atoms with van der Waals surface area (Å²) in [6, 6.07) is 6.33. The maximum atomic E-state index is 5.43. The van der Waals surface area contributed by atoms with Gasteiger partial charge in [-0.2, -0.15) is 0 Å². The molecule has 1 aliphatic rings. The minimum Gasteiger partial charge on any atom is -0.378 e. The summed E-state index contributed by atoms with van der Waals surface area (Å²) in [4.78, 5) is 6.82. The molecular formula is C16H17BrN6O. The molecule has 8 heteroatoms. The Balaban J connectivity index is 1.62. The van der Waals surface area contributed by atoms with Gasteiger partial charge in [0.15, 0.2) is 5.82 Å². The number of aromatic nitrogens is 4. The van der Waals surface area contributed by atoms with Gasteiger partial charge in [-0.25, -0.2) is 4.98 Å². The average molecular weight is 389 g/mol. The Hall–Kier alpha value is -2.19. The van der Waals surface area contributed by atoms with E-state index in [9.17, 15) is 0 Å². The van der Waals surface area contributed by atoms with Crippen molar-refractivity contribution in [3.63, 3.8) is 0 Å². The highest BCUT2D eigenvalue weighted by Gasteiger charge is 2.14. The van der Waals surface area contributed by atoms with Crippen molar-refractivity contribution in [1.82, 2.24) is 19.6 Å². The molecule has 0 spiro atoms. The molecule has 1 aliphatic heterocycles. The third-order valence-electron chi connectivity index (χ3n) is 4.06. The molecule has 0 unspecified atom stereocenters. The molecule has 0 bridgehead atoms. The molecular weight excluding hydrogens is 372 g/mol. The van der Waals surface area contributed by atoms with Gasteiger partial charge in [0.05, 0.1) is 13.2 Å². The zero-order valence-electron chi connectivity index (χ0n) is 13.2. The summed E-state index contributed by atoms with van der Waals surface area (Å²) < 4.78 is 7.98. The first-order chi connectivity index (χ1) is 11.7. The van der Waals surface area contributed by atoms with Crippen molar-refractivity contribution in [3.8, 4) is 0 Å². The number of morpholine rings is 1. The van der Waals surface area contributed by atoms with Crippen molar-refractivity contribution in [1.29, 1.82) is 0 Å². The minimum absolute atomic E-state index is 0.667. The normalized spacial score (nSPS) is 15.0. The number of rotatable bonds is 3. The molecule has 0 aliphatic carbocycles. The number of halogens is 1. The predicted octanol–water partition coefficient (Wildman–Crippen LogP) is 2.78. The van der Waals surface area contributed by atoms with E-state index in [1.54, 1.807) is 6.33 Å². The largest absolute Gasteiger partial charge is 0.378 e. The Morgan fingerprint density at radius 3 is 2.88 bits per heavy atom. The fraction of sp³-hybridized carbons (Fsp3) is 0.312. The lowest BCUT2D eigenvalue weighted by Gasteiger charge is -2.30. The van der Waals surface area contributed by atoms with Gasteiger partial charge in [0.1, 0.15) is 10.9 Å². The summed E-state index contributed by atoms with van der Waals surface area (Å²) in [6.45, 7) is 5.55. The number of ether oxygens (including phenoxy) is 1. The van der Waals surface area contributed by atoms with Crippen molar-refractivity contribution in [2.75, 3.05) is 36.5 Å². The van der Waals surface area contributed by atoms with Crippen molar-refractivity contribution in [2.45, 2.75) is 6.92 Å². The number of fused-ring (bicyclic) bond motifs is 1. The van der Waals surface area contributed by atoms with Gasteiger partial charge < -0.3 is 15.0 Å². The first-order valence-corrected chi connectivity index (χ1v) is 8.56. The fourth-order valence-electron chi connectivity index (χ4n) is 2.92. The number of hydrogen-bond acceptors (Lipinski definition) is 6. The summed E-state index contributed by atoms with van der Waals surface area (Å²) >= 11 is 3.41. The van der Waals surface area contributed by atoms with E-state index >= 15 is 0 Å². The topological polar surface area (TPSA) is 67.6 Å². The molecule has 124 valence electrons. The number of nitrogens with one attached hydrogen (secondary N) is 1. The van der Waals surface area contributed by atoms with Gasteiger partial charge >= 0.3 is 0 Å². The highest BCUT2D eigenvalue weighted by molar-refractivity contribution is 9.10. The first-order valence-electron chi connectivity index (χ1n) is 7.77. The van der Waals surface area contributed by atoms with Gasteiger partial charge in [0, 0.05) is 30.7 Å². The lowest BCUT2D eigenvalue weighted by molar-refractivity contribution is 0.122. The Labute approximate surface area is 147 Å². The molecule has 3 aromatic rings. The SMILES string of the molecule is Cc1cc(Nc2nc(Br)cn3cnnc23)ccc1N1CCOCC1. The van der Waals surface area contributed by atoms with E-state index in [0.29, 0.717) is 11.5 Å². The maximum absolute atomic E-state index is 5.43. The van der Waals surface area contributed by atoms with E-state index in [0.717, 1.165) is 36.6 Å². The first kappa shape index (κ1) is 15.3. The molecule has 7 nitrogen and oxygen atoms in total. The van der Waals surface area contributed by atoms with Crippen LogP contribution in [-0.2, 0) is 4.74 Å². The van der Waals surface area contributed by atoms with Gasteiger partial charge in [0.2, 0.25) is 5.65 Å². The Bertz CT molecular complexity index is 874. The summed E-state index contributed by atoms with van der Waals surface area (Å²) in [5.74, 6) is 0.667.